The van der Waals surface area contributed by atoms with E-state index in [1.165, 1.54) is 0 Å². The van der Waals surface area contributed by atoms with Crippen LogP contribution in [-0.2, 0) is 6.54 Å². The lowest BCUT2D eigenvalue weighted by atomic mass is 10.1. The van der Waals surface area contributed by atoms with Crippen molar-refractivity contribution >= 4 is 5.78 Å². The fraction of sp³-hybridized carbons (Fsp3) is 0.600. The highest BCUT2D eigenvalue weighted by atomic mass is 16.1. The van der Waals surface area contributed by atoms with Crippen LogP contribution in [-0.4, -0.2) is 21.9 Å². The number of nitrogens with two attached hydrogens (primary N) is 1. The molecule has 1 aromatic heterocycles. The van der Waals surface area contributed by atoms with Crippen molar-refractivity contribution in [3.8, 4) is 0 Å². The minimum Gasteiger partial charge on any atom is -0.335 e. The summed E-state index contributed by atoms with van der Waals surface area (Å²) in [6.07, 6.45) is 5.99. The lowest BCUT2D eigenvalue weighted by Crippen LogP contribution is -2.08. The van der Waals surface area contributed by atoms with Gasteiger partial charge in [-0.3, -0.25) is 4.79 Å². The van der Waals surface area contributed by atoms with Gasteiger partial charge in [0.2, 0.25) is 0 Å². The lowest BCUT2D eigenvalue weighted by Gasteiger charge is -1.96. The smallest absolute Gasteiger partial charge is 0.182 e. The zero-order valence-corrected chi connectivity index (χ0v) is 8.57. The second kappa shape index (κ2) is 5.54. The normalized spacial score (nSPS) is 10.4. The van der Waals surface area contributed by atoms with Gasteiger partial charge in [0.05, 0.1) is 6.33 Å². The van der Waals surface area contributed by atoms with Gasteiger partial charge in [-0.1, -0.05) is 13.3 Å². The Morgan fingerprint density at radius 1 is 1.64 bits per heavy atom. The molecule has 0 saturated heterocycles. The molecule has 1 aromatic rings. The third-order valence-corrected chi connectivity index (χ3v) is 2.06. The summed E-state index contributed by atoms with van der Waals surface area (Å²) in [7, 11) is 0. The average Bonchev–Trinajstić information content (AvgIpc) is 2.63. The van der Waals surface area contributed by atoms with Gasteiger partial charge in [-0.25, -0.2) is 4.98 Å². The molecule has 78 valence electrons. The second-order valence-corrected chi connectivity index (χ2v) is 3.31. The Balaban J connectivity index is 2.53. The molecule has 0 aromatic carbocycles. The van der Waals surface area contributed by atoms with Crippen LogP contribution in [0.3, 0.4) is 0 Å². The molecule has 4 nitrogen and oxygen atoms in total. The molecule has 0 aliphatic heterocycles. The predicted octanol–water partition coefficient (Wildman–Crippen LogP) is 1.21. The van der Waals surface area contributed by atoms with Crippen molar-refractivity contribution in [3.63, 3.8) is 0 Å². The van der Waals surface area contributed by atoms with Gasteiger partial charge in [0, 0.05) is 25.7 Å². The highest BCUT2D eigenvalue weighted by Crippen LogP contribution is 2.04. The van der Waals surface area contributed by atoms with Gasteiger partial charge in [0.25, 0.3) is 0 Å². The van der Waals surface area contributed by atoms with E-state index in [1.54, 1.807) is 12.5 Å². The maximum absolute atomic E-state index is 11.5. The van der Waals surface area contributed by atoms with E-state index in [-0.39, 0.29) is 5.78 Å². The van der Waals surface area contributed by atoms with Gasteiger partial charge in [0.1, 0.15) is 5.69 Å². The number of Topliss-reactive ketones (excluding diaryl/α,β-unsaturated/α-hetero) is 1. The maximum Gasteiger partial charge on any atom is 0.182 e. The fourth-order valence-electron chi connectivity index (χ4n) is 1.24. The zero-order valence-electron chi connectivity index (χ0n) is 8.57. The highest BCUT2D eigenvalue weighted by molar-refractivity contribution is 5.93. The first-order chi connectivity index (χ1) is 6.77. The molecule has 0 radical (unpaired) electrons. The van der Waals surface area contributed by atoms with Crippen molar-refractivity contribution in [3.05, 3.63) is 18.2 Å². The van der Waals surface area contributed by atoms with Crippen LogP contribution in [0.4, 0.5) is 0 Å². The Bertz CT molecular complexity index is 293. The third-order valence-electron chi connectivity index (χ3n) is 2.06. The number of unbranched alkanes of at least 4 members (excludes halogenated alkanes) is 1. The molecular formula is C10H17N3O. The Hall–Kier alpha value is -1.16. The van der Waals surface area contributed by atoms with Crippen molar-refractivity contribution in [1.82, 2.24) is 9.55 Å². The first kappa shape index (κ1) is 10.9. The molecule has 4 heteroatoms. The quantitative estimate of drug-likeness (QED) is 0.694. The fourth-order valence-corrected chi connectivity index (χ4v) is 1.24. The Kier molecular flexibility index (Phi) is 4.32. The first-order valence-electron chi connectivity index (χ1n) is 5.03. The van der Waals surface area contributed by atoms with E-state index in [9.17, 15) is 4.79 Å². The van der Waals surface area contributed by atoms with Crippen molar-refractivity contribution < 1.29 is 4.79 Å². The molecule has 0 aliphatic rings. The Morgan fingerprint density at radius 2 is 2.43 bits per heavy atom. The van der Waals surface area contributed by atoms with E-state index in [0.717, 1.165) is 12.8 Å². The lowest BCUT2D eigenvalue weighted by molar-refractivity contribution is 0.0975. The average molecular weight is 195 g/mol. The van der Waals surface area contributed by atoms with Gasteiger partial charge < -0.3 is 10.3 Å². The summed E-state index contributed by atoms with van der Waals surface area (Å²) in [4.78, 5) is 15.6. The maximum atomic E-state index is 11.5. The van der Waals surface area contributed by atoms with Gasteiger partial charge in [-0.15, -0.1) is 0 Å². The number of hydrogen-bond donors (Lipinski definition) is 1. The van der Waals surface area contributed by atoms with Crippen LogP contribution < -0.4 is 5.73 Å². The zero-order chi connectivity index (χ0) is 10.4. The third kappa shape index (κ3) is 2.96. The molecule has 0 atom stereocenters. The van der Waals surface area contributed by atoms with Crippen molar-refractivity contribution in [2.75, 3.05) is 6.54 Å². The molecule has 0 spiro atoms. The summed E-state index contributed by atoms with van der Waals surface area (Å²) in [6.45, 7) is 3.35. The number of ketones is 1. The SMILES string of the molecule is CCCCC(=O)c1cn(CCN)cn1. The summed E-state index contributed by atoms with van der Waals surface area (Å²) in [5.74, 6) is 0.127. The Morgan fingerprint density at radius 3 is 3.07 bits per heavy atom. The number of rotatable bonds is 6. The van der Waals surface area contributed by atoms with Gasteiger partial charge in [-0.2, -0.15) is 0 Å². The van der Waals surface area contributed by atoms with Gasteiger partial charge in [-0.05, 0) is 6.42 Å². The molecule has 0 saturated carbocycles. The second-order valence-electron chi connectivity index (χ2n) is 3.31. The number of carbonyl (C=O) groups is 1. The largest absolute Gasteiger partial charge is 0.335 e. The summed E-state index contributed by atoms with van der Waals surface area (Å²) in [5.41, 5.74) is 5.95. The molecule has 2 N–H and O–H groups in total. The summed E-state index contributed by atoms with van der Waals surface area (Å²) in [5, 5.41) is 0. The van der Waals surface area contributed by atoms with E-state index in [1.807, 2.05) is 4.57 Å². The minimum atomic E-state index is 0.127. The van der Waals surface area contributed by atoms with Crippen molar-refractivity contribution in [2.45, 2.75) is 32.7 Å². The van der Waals surface area contributed by atoms with Gasteiger partial charge in [0.15, 0.2) is 5.78 Å². The predicted molar refractivity (Wildman–Crippen MR) is 55.1 cm³/mol. The molecule has 1 heterocycles. The van der Waals surface area contributed by atoms with Crippen LogP contribution in [0.1, 0.15) is 36.7 Å². The molecule has 0 amide bonds. The summed E-state index contributed by atoms with van der Waals surface area (Å²) in [6, 6.07) is 0. The van der Waals surface area contributed by atoms with Crippen LogP contribution >= 0.6 is 0 Å². The number of hydrogen-bond acceptors (Lipinski definition) is 3. The molecular weight excluding hydrogens is 178 g/mol. The molecule has 0 unspecified atom stereocenters. The van der Waals surface area contributed by atoms with Crippen LogP contribution in [0.2, 0.25) is 0 Å². The van der Waals surface area contributed by atoms with Crippen LogP contribution in [0, 0.1) is 0 Å². The monoisotopic (exact) mass is 195 g/mol. The van der Waals surface area contributed by atoms with E-state index < -0.39 is 0 Å². The number of imidazole rings is 1. The van der Waals surface area contributed by atoms with Crippen LogP contribution in [0.5, 0.6) is 0 Å². The summed E-state index contributed by atoms with van der Waals surface area (Å²) < 4.78 is 1.85. The van der Waals surface area contributed by atoms with E-state index >= 15 is 0 Å². The van der Waals surface area contributed by atoms with Gasteiger partial charge >= 0.3 is 0 Å². The van der Waals surface area contributed by atoms with Crippen LogP contribution in [0.25, 0.3) is 0 Å². The number of nitrogens with zero attached hydrogens (tertiary/aromatic N) is 2. The highest BCUT2D eigenvalue weighted by Gasteiger charge is 2.07. The van der Waals surface area contributed by atoms with E-state index in [0.29, 0.717) is 25.2 Å². The molecule has 0 fully saturated rings. The first-order valence-corrected chi connectivity index (χ1v) is 5.03. The summed E-state index contributed by atoms with van der Waals surface area (Å²) >= 11 is 0. The molecule has 14 heavy (non-hydrogen) atoms. The molecule has 0 aliphatic carbocycles. The minimum absolute atomic E-state index is 0.127. The number of aromatic nitrogens is 2. The topological polar surface area (TPSA) is 60.9 Å². The molecule has 1 rings (SSSR count). The Labute approximate surface area is 84.1 Å². The van der Waals surface area contributed by atoms with Crippen molar-refractivity contribution in [2.24, 2.45) is 5.73 Å². The molecule has 0 bridgehead atoms. The van der Waals surface area contributed by atoms with E-state index in [4.69, 9.17) is 5.73 Å². The number of carbonyl (C=O) groups excluding carboxylic acids is 1. The van der Waals surface area contributed by atoms with Crippen LogP contribution in [0.15, 0.2) is 12.5 Å². The standard InChI is InChI=1S/C10H17N3O/c1-2-3-4-10(14)9-7-13(6-5-11)8-12-9/h7-8H,2-6,11H2,1H3. The van der Waals surface area contributed by atoms with Crippen molar-refractivity contribution in [1.29, 1.82) is 0 Å². The van der Waals surface area contributed by atoms with E-state index in [2.05, 4.69) is 11.9 Å².